The van der Waals surface area contributed by atoms with Crippen molar-refractivity contribution in [2.45, 2.75) is 32.4 Å². The molecular weight excluding hydrogens is 202 g/mol. The van der Waals surface area contributed by atoms with Gasteiger partial charge in [-0.2, -0.15) is 0 Å². The lowest BCUT2D eigenvalue weighted by Gasteiger charge is -2.22. The van der Waals surface area contributed by atoms with Gasteiger partial charge in [0.2, 0.25) is 0 Å². The smallest absolute Gasteiger partial charge is 0.407 e. The maximum atomic E-state index is 10.8. The molecule has 88 valence electrons. The Morgan fingerprint density at radius 2 is 1.93 bits per heavy atom. The van der Waals surface area contributed by atoms with Crippen molar-refractivity contribution in [3.05, 3.63) is 0 Å². The molecule has 0 saturated carbocycles. The Labute approximate surface area is 88.6 Å². The lowest BCUT2D eigenvalue weighted by molar-refractivity contribution is -0.142. The first-order valence-corrected chi connectivity index (χ1v) is 4.47. The third-order valence-corrected chi connectivity index (χ3v) is 1.46. The summed E-state index contributed by atoms with van der Waals surface area (Å²) in [5.41, 5.74) is -0.453. The first-order valence-electron chi connectivity index (χ1n) is 4.47. The molecule has 0 aromatic heterocycles. The van der Waals surface area contributed by atoms with Crippen LogP contribution in [0, 0.1) is 0 Å². The van der Waals surface area contributed by atoms with Crippen molar-refractivity contribution in [3.63, 3.8) is 0 Å². The number of amides is 1. The quantitative estimate of drug-likeness (QED) is 0.723. The van der Waals surface area contributed by atoms with Gasteiger partial charge in [0.1, 0.15) is 0 Å². The molecule has 0 aliphatic heterocycles. The highest BCUT2D eigenvalue weighted by Gasteiger charge is 2.23. The number of alkyl carbamates (subject to hydrolysis) is 1. The number of rotatable bonds is 4. The number of hydrogen-bond acceptors (Lipinski definition) is 4. The Morgan fingerprint density at radius 1 is 1.40 bits per heavy atom. The van der Waals surface area contributed by atoms with Gasteiger partial charge in [-0.25, -0.2) is 9.59 Å². The number of nitrogens with one attached hydrogen (secondary N) is 1. The minimum Gasteiger partial charge on any atom is -0.480 e. The van der Waals surface area contributed by atoms with E-state index in [-0.39, 0.29) is 6.61 Å². The summed E-state index contributed by atoms with van der Waals surface area (Å²) >= 11 is 0. The zero-order valence-electron chi connectivity index (χ0n) is 9.36. The van der Waals surface area contributed by atoms with Crippen molar-refractivity contribution in [2.24, 2.45) is 0 Å². The fraction of sp³-hybridized carbons (Fsp3) is 0.778. The van der Waals surface area contributed by atoms with E-state index in [1.54, 1.807) is 20.8 Å². The number of hydrogen-bond donors (Lipinski definition) is 2. The standard InChI is InChI=1S/C9H17NO5/c1-9(2,3)15-5-6(7(11)12)10-8(13)14-4/h6H,5H2,1-4H3,(H,10,13)(H,11,12)/t6-/m1/s1. The van der Waals surface area contributed by atoms with E-state index in [1.807, 2.05) is 0 Å². The molecule has 0 aromatic rings. The highest BCUT2D eigenvalue weighted by Crippen LogP contribution is 2.07. The molecule has 1 amide bonds. The Morgan fingerprint density at radius 3 is 2.27 bits per heavy atom. The Hall–Kier alpha value is -1.30. The number of methoxy groups -OCH3 is 1. The van der Waals surface area contributed by atoms with Crippen LogP contribution >= 0.6 is 0 Å². The minimum atomic E-state index is -1.16. The molecule has 0 aromatic carbocycles. The van der Waals surface area contributed by atoms with E-state index in [0.29, 0.717) is 0 Å². The van der Waals surface area contributed by atoms with Crippen LogP contribution in [-0.2, 0) is 14.3 Å². The van der Waals surface area contributed by atoms with Crippen LogP contribution in [-0.4, -0.2) is 42.5 Å². The Balaban J connectivity index is 4.18. The molecule has 0 aliphatic carbocycles. The molecule has 6 heteroatoms. The number of ether oxygens (including phenoxy) is 2. The van der Waals surface area contributed by atoms with Crippen molar-refractivity contribution in [1.29, 1.82) is 0 Å². The summed E-state index contributed by atoms with van der Waals surface area (Å²) in [6.45, 7) is 5.28. The van der Waals surface area contributed by atoms with Crippen molar-refractivity contribution in [1.82, 2.24) is 5.32 Å². The second-order valence-electron chi connectivity index (χ2n) is 3.95. The topological polar surface area (TPSA) is 84.9 Å². The van der Waals surface area contributed by atoms with Crippen LogP contribution < -0.4 is 5.32 Å². The predicted octanol–water partition coefficient (Wildman–Crippen LogP) is 0.611. The van der Waals surface area contributed by atoms with Crippen LogP contribution in [0.25, 0.3) is 0 Å². The number of carbonyl (C=O) groups excluding carboxylic acids is 1. The molecule has 0 saturated heterocycles. The zero-order chi connectivity index (χ0) is 12.1. The van der Waals surface area contributed by atoms with E-state index in [4.69, 9.17) is 9.84 Å². The molecule has 0 aliphatic rings. The zero-order valence-corrected chi connectivity index (χ0v) is 9.36. The molecule has 1 atom stereocenters. The van der Waals surface area contributed by atoms with E-state index >= 15 is 0 Å². The summed E-state index contributed by atoms with van der Waals surface area (Å²) in [5, 5.41) is 10.9. The number of carboxylic acid groups (broad SMARTS) is 1. The lowest BCUT2D eigenvalue weighted by atomic mass is 10.2. The van der Waals surface area contributed by atoms with Crippen molar-refractivity contribution in [2.75, 3.05) is 13.7 Å². The summed E-state index contributed by atoms with van der Waals surface area (Å²) in [6, 6.07) is -1.10. The van der Waals surface area contributed by atoms with Crippen LogP contribution in [0.15, 0.2) is 0 Å². The second-order valence-corrected chi connectivity index (χ2v) is 3.95. The lowest BCUT2D eigenvalue weighted by Crippen LogP contribution is -2.45. The number of aliphatic carboxylic acids is 1. The van der Waals surface area contributed by atoms with Gasteiger partial charge in [0.15, 0.2) is 6.04 Å². The predicted molar refractivity (Wildman–Crippen MR) is 52.7 cm³/mol. The first-order chi connectivity index (χ1) is 6.76. The molecule has 0 spiro atoms. The highest BCUT2D eigenvalue weighted by atomic mass is 16.5. The summed E-state index contributed by atoms with van der Waals surface area (Å²) in [5.74, 6) is -1.16. The fourth-order valence-corrected chi connectivity index (χ4v) is 0.709. The van der Waals surface area contributed by atoms with E-state index < -0.39 is 23.7 Å². The van der Waals surface area contributed by atoms with Crippen LogP contribution in [0.2, 0.25) is 0 Å². The summed E-state index contributed by atoms with van der Waals surface area (Å²) in [6.07, 6.45) is -0.792. The van der Waals surface area contributed by atoms with Crippen molar-refractivity contribution in [3.8, 4) is 0 Å². The number of carbonyl (C=O) groups is 2. The molecule has 0 radical (unpaired) electrons. The van der Waals surface area contributed by atoms with E-state index in [1.165, 1.54) is 7.11 Å². The van der Waals surface area contributed by atoms with Crippen molar-refractivity contribution >= 4 is 12.1 Å². The minimum absolute atomic E-state index is 0.103. The average Bonchev–Trinajstić information content (AvgIpc) is 2.09. The summed E-state index contributed by atoms with van der Waals surface area (Å²) in [7, 11) is 1.17. The monoisotopic (exact) mass is 219 g/mol. The van der Waals surface area contributed by atoms with Crippen molar-refractivity contribution < 1.29 is 24.2 Å². The molecule has 0 fully saturated rings. The van der Waals surface area contributed by atoms with Gasteiger partial charge in [-0.1, -0.05) is 0 Å². The average molecular weight is 219 g/mol. The first kappa shape index (κ1) is 13.7. The largest absolute Gasteiger partial charge is 0.480 e. The molecule has 0 bridgehead atoms. The van der Waals surface area contributed by atoms with E-state index in [2.05, 4.69) is 10.1 Å². The van der Waals surface area contributed by atoms with E-state index in [0.717, 1.165) is 0 Å². The molecule has 0 heterocycles. The van der Waals surface area contributed by atoms with E-state index in [9.17, 15) is 9.59 Å². The fourth-order valence-electron chi connectivity index (χ4n) is 0.709. The third kappa shape index (κ3) is 6.73. The van der Waals surface area contributed by atoms with Crippen LogP contribution in [0.4, 0.5) is 4.79 Å². The van der Waals surface area contributed by atoms with Gasteiger partial charge >= 0.3 is 12.1 Å². The summed E-state index contributed by atoms with van der Waals surface area (Å²) in [4.78, 5) is 21.5. The van der Waals surface area contributed by atoms with Crippen LogP contribution in [0.1, 0.15) is 20.8 Å². The normalized spacial score (nSPS) is 13.1. The molecule has 2 N–H and O–H groups in total. The molecule has 15 heavy (non-hydrogen) atoms. The maximum absolute atomic E-state index is 10.8. The van der Waals surface area contributed by atoms with Crippen LogP contribution in [0.5, 0.6) is 0 Å². The van der Waals surface area contributed by atoms with Gasteiger partial charge in [-0.15, -0.1) is 0 Å². The third-order valence-electron chi connectivity index (χ3n) is 1.46. The van der Waals surface area contributed by atoms with Gasteiger partial charge in [0.05, 0.1) is 19.3 Å². The van der Waals surface area contributed by atoms with Gasteiger partial charge < -0.3 is 19.9 Å². The van der Waals surface area contributed by atoms with Gasteiger partial charge in [-0.05, 0) is 20.8 Å². The molecule has 0 rings (SSSR count). The SMILES string of the molecule is COC(=O)N[C@H](COC(C)(C)C)C(=O)O. The second kappa shape index (κ2) is 5.55. The highest BCUT2D eigenvalue weighted by molar-refractivity contribution is 5.79. The molecule has 0 unspecified atom stereocenters. The van der Waals surface area contributed by atoms with Gasteiger partial charge in [0, 0.05) is 0 Å². The maximum Gasteiger partial charge on any atom is 0.407 e. The number of carboxylic acids is 1. The van der Waals surface area contributed by atoms with Crippen LogP contribution in [0.3, 0.4) is 0 Å². The Kier molecular flexibility index (Phi) is 5.07. The molecular formula is C9H17NO5. The van der Waals surface area contributed by atoms with Gasteiger partial charge in [-0.3, -0.25) is 0 Å². The van der Waals surface area contributed by atoms with Gasteiger partial charge in [0.25, 0.3) is 0 Å². The summed E-state index contributed by atoms with van der Waals surface area (Å²) < 4.78 is 9.54. The molecule has 6 nitrogen and oxygen atoms in total. The Bertz CT molecular complexity index is 233.